The van der Waals surface area contributed by atoms with E-state index < -0.39 is 44.7 Å². The Morgan fingerprint density at radius 2 is 1.69 bits per heavy atom. The van der Waals surface area contributed by atoms with Crippen molar-refractivity contribution >= 4 is 34.5 Å². The summed E-state index contributed by atoms with van der Waals surface area (Å²) >= 11 is 0. The van der Waals surface area contributed by atoms with Gasteiger partial charge in [-0.1, -0.05) is 30.3 Å². The van der Waals surface area contributed by atoms with Gasteiger partial charge in [0.05, 0.1) is 22.3 Å². The fourth-order valence-electron chi connectivity index (χ4n) is 3.40. The predicted octanol–water partition coefficient (Wildman–Crippen LogP) is 2.77. The van der Waals surface area contributed by atoms with E-state index in [1.54, 1.807) is 30.3 Å². The number of hydrogen-bond acceptors (Lipinski definition) is 7. The van der Waals surface area contributed by atoms with E-state index in [1.807, 2.05) is 0 Å². The first kappa shape index (κ1) is 19.8. The lowest BCUT2D eigenvalue weighted by Crippen LogP contribution is -2.40. The number of nitro benzene ring substituents is 2. The molecule has 0 spiro atoms. The molecule has 2 aromatic rings. The molecule has 2 aromatic carbocycles. The predicted molar refractivity (Wildman–Crippen MR) is 100 cm³/mol. The highest BCUT2D eigenvalue weighted by Crippen LogP contribution is 2.36. The van der Waals surface area contributed by atoms with Crippen LogP contribution in [0.25, 0.3) is 0 Å². The quantitative estimate of drug-likeness (QED) is 0.463. The zero-order valence-electron chi connectivity index (χ0n) is 14.9. The zero-order valence-corrected chi connectivity index (χ0v) is 14.9. The lowest BCUT2D eigenvalue weighted by Gasteiger charge is -2.29. The number of hydrogen-bond donors (Lipinski definition) is 1. The minimum absolute atomic E-state index is 0.00378. The summed E-state index contributed by atoms with van der Waals surface area (Å²) in [4.78, 5) is 57.7. The van der Waals surface area contributed by atoms with Crippen LogP contribution < -0.4 is 5.32 Å². The van der Waals surface area contributed by atoms with Crippen LogP contribution in [0.4, 0.5) is 17.1 Å². The van der Waals surface area contributed by atoms with E-state index in [-0.39, 0.29) is 24.3 Å². The van der Waals surface area contributed by atoms with Crippen LogP contribution in [0, 0.1) is 26.1 Å². The highest BCUT2D eigenvalue weighted by atomic mass is 16.6. The largest absolute Gasteiger partial charge is 0.320 e. The van der Waals surface area contributed by atoms with E-state index in [2.05, 4.69) is 5.32 Å². The van der Waals surface area contributed by atoms with Crippen molar-refractivity contribution in [3.05, 3.63) is 74.3 Å². The van der Waals surface area contributed by atoms with Crippen molar-refractivity contribution in [3.63, 3.8) is 0 Å². The molecule has 1 aliphatic rings. The van der Waals surface area contributed by atoms with Crippen molar-refractivity contribution in [2.45, 2.75) is 18.8 Å². The van der Waals surface area contributed by atoms with Crippen molar-refractivity contribution in [2.24, 2.45) is 5.92 Å². The first-order valence-corrected chi connectivity index (χ1v) is 8.61. The molecule has 0 saturated heterocycles. The Labute approximate surface area is 163 Å². The van der Waals surface area contributed by atoms with Crippen LogP contribution in [0.2, 0.25) is 0 Å². The second-order valence-corrected chi connectivity index (χ2v) is 6.59. The number of carbonyl (C=O) groups is 3. The lowest BCUT2D eigenvalue weighted by atomic mass is 9.73. The van der Waals surface area contributed by atoms with Gasteiger partial charge in [0, 0.05) is 18.4 Å². The second-order valence-electron chi connectivity index (χ2n) is 6.59. The number of rotatable bonds is 5. The van der Waals surface area contributed by atoms with E-state index in [0.717, 1.165) is 18.2 Å². The fourth-order valence-corrected chi connectivity index (χ4v) is 3.40. The third kappa shape index (κ3) is 4.15. The topological polar surface area (TPSA) is 150 Å². The normalized spacial score (nSPS) is 18.9. The van der Waals surface area contributed by atoms with Crippen LogP contribution in [-0.4, -0.2) is 27.3 Å². The smallest absolute Gasteiger partial charge is 0.299 e. The number of ketones is 2. The van der Waals surface area contributed by atoms with Gasteiger partial charge < -0.3 is 5.32 Å². The van der Waals surface area contributed by atoms with Gasteiger partial charge in [0.2, 0.25) is 5.91 Å². The maximum absolute atomic E-state index is 12.9. The minimum Gasteiger partial charge on any atom is -0.320 e. The van der Waals surface area contributed by atoms with Crippen LogP contribution in [0.5, 0.6) is 0 Å². The van der Waals surface area contributed by atoms with Crippen molar-refractivity contribution < 1.29 is 24.2 Å². The Morgan fingerprint density at radius 3 is 2.31 bits per heavy atom. The molecule has 1 N–H and O–H groups in total. The van der Waals surface area contributed by atoms with Gasteiger partial charge in [-0.2, -0.15) is 0 Å². The number of anilines is 1. The first-order valence-electron chi connectivity index (χ1n) is 8.61. The molecule has 10 heteroatoms. The van der Waals surface area contributed by atoms with Crippen molar-refractivity contribution in [1.29, 1.82) is 0 Å². The van der Waals surface area contributed by atoms with Gasteiger partial charge >= 0.3 is 0 Å². The third-order valence-corrected chi connectivity index (χ3v) is 4.73. The molecular formula is C19H15N3O7. The fraction of sp³-hybridized carbons (Fsp3) is 0.211. The number of nitro groups is 2. The molecular weight excluding hydrogens is 382 g/mol. The van der Waals surface area contributed by atoms with Gasteiger partial charge in [-0.3, -0.25) is 34.6 Å². The molecule has 0 heterocycles. The summed E-state index contributed by atoms with van der Waals surface area (Å²) in [7, 11) is 0. The minimum atomic E-state index is -1.20. The molecule has 2 unspecified atom stereocenters. The third-order valence-electron chi connectivity index (χ3n) is 4.73. The molecule has 3 rings (SSSR count). The number of non-ortho nitro benzene ring substituents is 1. The summed E-state index contributed by atoms with van der Waals surface area (Å²) in [6.07, 6.45) is -0.389. The number of amides is 1. The van der Waals surface area contributed by atoms with Gasteiger partial charge in [-0.25, -0.2) is 0 Å². The number of nitrogens with one attached hydrogen (secondary N) is 1. The Bertz CT molecular complexity index is 1020. The van der Waals surface area contributed by atoms with E-state index in [1.165, 1.54) is 0 Å². The summed E-state index contributed by atoms with van der Waals surface area (Å²) in [5.41, 5.74) is -0.797. The molecule has 0 radical (unpaired) electrons. The zero-order chi connectivity index (χ0) is 21.1. The Morgan fingerprint density at radius 1 is 1.00 bits per heavy atom. The molecule has 10 nitrogen and oxygen atoms in total. The SMILES string of the molecule is O=C1CC(=O)C(C(=O)Nc2ccc([N+](=O)[O-])cc2[N+](=O)[O-])C(c2ccccc2)C1. The van der Waals surface area contributed by atoms with Gasteiger partial charge in [-0.15, -0.1) is 0 Å². The van der Waals surface area contributed by atoms with Crippen molar-refractivity contribution in [3.8, 4) is 0 Å². The summed E-state index contributed by atoms with van der Waals surface area (Å²) in [5, 5.41) is 24.5. The summed E-state index contributed by atoms with van der Waals surface area (Å²) < 4.78 is 0. The van der Waals surface area contributed by atoms with E-state index in [4.69, 9.17) is 0 Å². The van der Waals surface area contributed by atoms with Gasteiger partial charge in [0.25, 0.3) is 11.4 Å². The monoisotopic (exact) mass is 397 g/mol. The number of nitrogens with zero attached hydrogens (tertiary/aromatic N) is 2. The van der Waals surface area contributed by atoms with E-state index in [0.29, 0.717) is 5.56 Å². The molecule has 0 bridgehead atoms. The average Bonchev–Trinajstić information content (AvgIpc) is 2.67. The molecule has 148 valence electrons. The van der Waals surface area contributed by atoms with Gasteiger partial charge in [-0.05, 0) is 11.6 Å². The summed E-state index contributed by atoms with van der Waals surface area (Å²) in [6.45, 7) is 0. The molecule has 2 atom stereocenters. The van der Waals surface area contributed by atoms with Gasteiger partial charge in [0.15, 0.2) is 5.78 Å². The Balaban J connectivity index is 1.94. The number of carbonyl (C=O) groups excluding carboxylic acids is 3. The van der Waals surface area contributed by atoms with Crippen LogP contribution in [-0.2, 0) is 14.4 Å². The molecule has 1 saturated carbocycles. The van der Waals surface area contributed by atoms with Crippen LogP contribution in [0.3, 0.4) is 0 Å². The molecule has 0 aliphatic heterocycles. The van der Waals surface area contributed by atoms with E-state index in [9.17, 15) is 34.6 Å². The second kappa shape index (κ2) is 7.97. The van der Waals surface area contributed by atoms with Crippen LogP contribution >= 0.6 is 0 Å². The number of benzene rings is 2. The summed E-state index contributed by atoms with van der Waals surface area (Å²) in [6, 6.07) is 11.4. The standard InChI is InChI=1S/C19H15N3O7/c23-13-9-14(11-4-2-1-3-5-11)18(17(24)10-13)19(25)20-15-7-6-12(21(26)27)8-16(15)22(28)29/h1-8,14,18H,9-10H2,(H,20,25). The Kier molecular flexibility index (Phi) is 5.44. The van der Waals surface area contributed by atoms with Crippen molar-refractivity contribution in [1.82, 2.24) is 0 Å². The van der Waals surface area contributed by atoms with Crippen molar-refractivity contribution in [2.75, 3.05) is 5.32 Å². The molecule has 29 heavy (non-hydrogen) atoms. The van der Waals surface area contributed by atoms with Crippen LogP contribution in [0.15, 0.2) is 48.5 Å². The maximum Gasteiger partial charge on any atom is 0.299 e. The average molecular weight is 397 g/mol. The molecule has 1 aliphatic carbocycles. The highest BCUT2D eigenvalue weighted by molar-refractivity contribution is 6.15. The molecule has 1 fully saturated rings. The molecule has 1 amide bonds. The lowest BCUT2D eigenvalue weighted by molar-refractivity contribution is -0.393. The summed E-state index contributed by atoms with van der Waals surface area (Å²) in [5.74, 6) is -3.55. The first-order chi connectivity index (χ1) is 13.8. The highest BCUT2D eigenvalue weighted by Gasteiger charge is 2.41. The molecule has 0 aromatic heterocycles. The van der Waals surface area contributed by atoms with E-state index >= 15 is 0 Å². The van der Waals surface area contributed by atoms with Gasteiger partial charge in [0.1, 0.15) is 17.4 Å². The Hall–Kier alpha value is -3.95. The maximum atomic E-state index is 12.9. The van der Waals surface area contributed by atoms with Crippen LogP contribution in [0.1, 0.15) is 24.3 Å². The number of Topliss-reactive ketones (excluding diaryl/α,β-unsaturated/α-hetero) is 2.